The summed E-state index contributed by atoms with van der Waals surface area (Å²) in [7, 11) is 0. The van der Waals surface area contributed by atoms with E-state index in [1.807, 2.05) is 46.8 Å². The minimum atomic E-state index is 0.587. The zero-order chi connectivity index (χ0) is 10.5. The summed E-state index contributed by atoms with van der Waals surface area (Å²) in [4.78, 5) is 0. The fourth-order valence-corrected chi connectivity index (χ4v) is 0.597. The van der Waals surface area contributed by atoms with Crippen LogP contribution in [0.25, 0.3) is 0 Å². The molecular formula is C11H22O2. The molecule has 0 aromatic carbocycles. The van der Waals surface area contributed by atoms with Crippen LogP contribution in [0.2, 0.25) is 0 Å². The third kappa shape index (κ3) is 9.15. The van der Waals surface area contributed by atoms with E-state index in [0.29, 0.717) is 6.61 Å². The first-order valence-corrected chi connectivity index (χ1v) is 5.03. The average Bonchev–Trinajstić information content (AvgIpc) is 2.73. The van der Waals surface area contributed by atoms with Crippen LogP contribution in [-0.2, 0) is 11.3 Å². The highest BCUT2D eigenvalue weighted by Gasteiger charge is 1.91. The molecule has 0 radical (unpaired) electrons. The van der Waals surface area contributed by atoms with Crippen molar-refractivity contribution in [1.29, 1.82) is 0 Å². The molecule has 0 saturated carbocycles. The van der Waals surface area contributed by atoms with Crippen LogP contribution in [0.4, 0.5) is 0 Å². The van der Waals surface area contributed by atoms with Gasteiger partial charge in [0.1, 0.15) is 12.4 Å². The largest absolute Gasteiger partial charge is 0.467 e. The van der Waals surface area contributed by atoms with Gasteiger partial charge in [0.15, 0.2) is 0 Å². The van der Waals surface area contributed by atoms with Gasteiger partial charge >= 0.3 is 0 Å². The van der Waals surface area contributed by atoms with Crippen LogP contribution in [0.3, 0.4) is 0 Å². The molecule has 0 unspecified atom stereocenters. The Hall–Kier alpha value is -0.760. The molecule has 0 bridgehead atoms. The lowest BCUT2D eigenvalue weighted by atomic mass is 10.5. The highest BCUT2D eigenvalue weighted by Crippen LogP contribution is 2.00. The predicted octanol–water partition coefficient (Wildman–Crippen LogP) is 3.87. The maximum absolute atomic E-state index is 5.08. The van der Waals surface area contributed by atoms with Crippen LogP contribution >= 0.6 is 0 Å². The van der Waals surface area contributed by atoms with E-state index in [-0.39, 0.29) is 0 Å². The highest BCUT2D eigenvalue weighted by molar-refractivity contribution is 4.95. The van der Waals surface area contributed by atoms with E-state index in [2.05, 4.69) is 0 Å². The van der Waals surface area contributed by atoms with Crippen LogP contribution in [0.15, 0.2) is 22.8 Å². The second-order valence-corrected chi connectivity index (χ2v) is 1.72. The van der Waals surface area contributed by atoms with E-state index in [1.54, 1.807) is 6.26 Å². The summed E-state index contributed by atoms with van der Waals surface area (Å²) in [5.41, 5.74) is 0. The van der Waals surface area contributed by atoms with Gasteiger partial charge in [0.05, 0.1) is 6.26 Å². The second kappa shape index (κ2) is 13.8. The van der Waals surface area contributed by atoms with Crippen LogP contribution < -0.4 is 0 Å². The number of furan rings is 1. The molecule has 2 nitrogen and oxygen atoms in total. The fraction of sp³-hybridized carbons (Fsp3) is 0.636. The van der Waals surface area contributed by atoms with Crippen molar-refractivity contribution in [3.8, 4) is 0 Å². The van der Waals surface area contributed by atoms with E-state index in [9.17, 15) is 0 Å². The monoisotopic (exact) mass is 186 g/mol. The summed E-state index contributed by atoms with van der Waals surface area (Å²) in [6.07, 6.45) is 1.65. The maximum Gasteiger partial charge on any atom is 0.129 e. The molecule has 0 N–H and O–H groups in total. The Morgan fingerprint density at radius 3 is 2.23 bits per heavy atom. The third-order valence-electron chi connectivity index (χ3n) is 1.03. The topological polar surface area (TPSA) is 22.4 Å². The molecular weight excluding hydrogens is 164 g/mol. The van der Waals surface area contributed by atoms with Crippen molar-refractivity contribution in [3.63, 3.8) is 0 Å². The summed E-state index contributed by atoms with van der Waals surface area (Å²) < 4.78 is 10.1. The number of ether oxygens (including phenoxy) is 1. The lowest BCUT2D eigenvalue weighted by molar-refractivity contribution is 0.118. The van der Waals surface area contributed by atoms with Gasteiger partial charge in [0.25, 0.3) is 0 Å². The lowest BCUT2D eigenvalue weighted by Gasteiger charge is -1.93. The first kappa shape index (κ1) is 14.7. The first-order valence-electron chi connectivity index (χ1n) is 5.03. The first-order chi connectivity index (χ1) is 6.43. The van der Waals surface area contributed by atoms with Gasteiger partial charge in [0, 0.05) is 6.61 Å². The van der Waals surface area contributed by atoms with Gasteiger partial charge in [-0.05, 0) is 19.1 Å². The molecule has 0 saturated heterocycles. The molecule has 0 aliphatic carbocycles. The molecule has 0 spiro atoms. The van der Waals surface area contributed by atoms with Crippen LogP contribution in [0, 0.1) is 0 Å². The van der Waals surface area contributed by atoms with Crippen molar-refractivity contribution in [2.45, 2.75) is 41.2 Å². The van der Waals surface area contributed by atoms with Crippen LogP contribution in [0.1, 0.15) is 40.4 Å². The third-order valence-corrected chi connectivity index (χ3v) is 1.03. The summed E-state index contributed by atoms with van der Waals surface area (Å²) in [5, 5.41) is 0. The van der Waals surface area contributed by atoms with E-state index in [0.717, 1.165) is 12.4 Å². The lowest BCUT2D eigenvalue weighted by Crippen LogP contribution is -1.88. The molecule has 0 aliphatic heterocycles. The Labute approximate surface area is 81.9 Å². The number of hydrogen-bond acceptors (Lipinski definition) is 2. The molecule has 0 atom stereocenters. The Balaban J connectivity index is 0. The summed E-state index contributed by atoms with van der Waals surface area (Å²) in [6, 6.07) is 3.75. The molecule has 1 aromatic rings. The average molecular weight is 186 g/mol. The standard InChI is InChI=1S/C7H10O2.2C2H6/c1-2-8-6-7-4-3-5-9-7;2*1-2/h3-5H,2,6H2,1H3;2*1-2H3. The molecule has 13 heavy (non-hydrogen) atoms. The van der Waals surface area contributed by atoms with Gasteiger partial charge in [-0.2, -0.15) is 0 Å². The zero-order valence-corrected chi connectivity index (χ0v) is 9.46. The van der Waals surface area contributed by atoms with Gasteiger partial charge in [-0.15, -0.1) is 0 Å². The number of hydrogen-bond donors (Lipinski definition) is 0. The minimum absolute atomic E-state index is 0.587. The Bertz CT molecular complexity index is 145. The van der Waals surface area contributed by atoms with Crippen molar-refractivity contribution < 1.29 is 9.15 Å². The second-order valence-electron chi connectivity index (χ2n) is 1.72. The van der Waals surface area contributed by atoms with E-state index < -0.39 is 0 Å². The molecule has 0 amide bonds. The normalized spacial score (nSPS) is 7.77. The Kier molecular flexibility index (Phi) is 15.7. The van der Waals surface area contributed by atoms with Gasteiger partial charge < -0.3 is 9.15 Å². The maximum atomic E-state index is 5.08. The van der Waals surface area contributed by atoms with Gasteiger partial charge in [-0.3, -0.25) is 0 Å². The van der Waals surface area contributed by atoms with E-state index in [4.69, 9.17) is 9.15 Å². The zero-order valence-electron chi connectivity index (χ0n) is 9.46. The molecule has 2 heteroatoms. The summed E-state index contributed by atoms with van der Waals surface area (Å²) in [6.45, 7) is 11.3. The smallest absolute Gasteiger partial charge is 0.129 e. The van der Waals surface area contributed by atoms with Crippen LogP contribution in [0.5, 0.6) is 0 Å². The number of rotatable bonds is 3. The summed E-state index contributed by atoms with van der Waals surface area (Å²) in [5.74, 6) is 0.886. The molecule has 1 aromatic heterocycles. The molecule has 0 fully saturated rings. The molecule has 1 rings (SSSR count). The van der Waals surface area contributed by atoms with Crippen molar-refractivity contribution in [2.75, 3.05) is 6.61 Å². The van der Waals surface area contributed by atoms with Gasteiger partial charge in [-0.25, -0.2) is 0 Å². The van der Waals surface area contributed by atoms with Gasteiger partial charge in [-0.1, -0.05) is 27.7 Å². The van der Waals surface area contributed by atoms with Crippen molar-refractivity contribution in [3.05, 3.63) is 24.2 Å². The van der Waals surface area contributed by atoms with Gasteiger partial charge in [0.2, 0.25) is 0 Å². The predicted molar refractivity (Wildman–Crippen MR) is 56.7 cm³/mol. The SMILES string of the molecule is CC.CC.CCOCc1ccco1. The fourth-order valence-electron chi connectivity index (χ4n) is 0.597. The Morgan fingerprint density at radius 1 is 1.23 bits per heavy atom. The quantitative estimate of drug-likeness (QED) is 0.715. The van der Waals surface area contributed by atoms with Crippen molar-refractivity contribution in [1.82, 2.24) is 0 Å². The molecule has 78 valence electrons. The minimum Gasteiger partial charge on any atom is -0.467 e. The summed E-state index contributed by atoms with van der Waals surface area (Å²) >= 11 is 0. The molecule has 1 heterocycles. The van der Waals surface area contributed by atoms with E-state index >= 15 is 0 Å². The van der Waals surface area contributed by atoms with Crippen LogP contribution in [-0.4, -0.2) is 6.61 Å². The molecule has 0 aliphatic rings. The Morgan fingerprint density at radius 2 is 1.85 bits per heavy atom. The van der Waals surface area contributed by atoms with E-state index in [1.165, 1.54) is 0 Å². The van der Waals surface area contributed by atoms with Crippen molar-refractivity contribution in [2.24, 2.45) is 0 Å². The van der Waals surface area contributed by atoms with Crippen molar-refractivity contribution >= 4 is 0 Å². The highest BCUT2D eigenvalue weighted by atomic mass is 16.5.